The number of nitrogens with two attached hydrogens (primary N) is 1. The van der Waals surface area contributed by atoms with Crippen LogP contribution in [0.15, 0.2) is 18.3 Å². The van der Waals surface area contributed by atoms with Crippen molar-refractivity contribution >= 4 is 11.8 Å². The fourth-order valence-electron chi connectivity index (χ4n) is 2.13. The number of carbonyl (C=O) groups is 2. The summed E-state index contributed by atoms with van der Waals surface area (Å²) in [6.45, 7) is 0.434. The predicted octanol–water partition coefficient (Wildman–Crippen LogP) is 1.11. The van der Waals surface area contributed by atoms with Crippen LogP contribution < -0.4 is 5.73 Å². The van der Waals surface area contributed by atoms with Crippen molar-refractivity contribution in [1.82, 2.24) is 9.88 Å². The molecule has 0 spiro atoms. The van der Waals surface area contributed by atoms with E-state index < -0.39 is 24.3 Å². The molecule has 1 aliphatic rings. The lowest BCUT2D eigenvalue weighted by Gasteiger charge is -2.22. The number of halogens is 2. The Labute approximate surface area is 108 Å². The van der Waals surface area contributed by atoms with Crippen LogP contribution in [0.4, 0.5) is 8.78 Å². The van der Waals surface area contributed by atoms with E-state index in [-0.39, 0.29) is 11.3 Å². The largest absolute Gasteiger partial charge is 0.368 e. The van der Waals surface area contributed by atoms with Gasteiger partial charge in [-0.25, -0.2) is 8.78 Å². The molecule has 1 fully saturated rings. The molecular formula is C12H13F2N3O2. The number of aromatic nitrogens is 1. The van der Waals surface area contributed by atoms with Gasteiger partial charge in [-0.2, -0.15) is 0 Å². The van der Waals surface area contributed by atoms with E-state index in [1.807, 2.05) is 0 Å². The first-order valence-corrected chi connectivity index (χ1v) is 5.85. The van der Waals surface area contributed by atoms with Crippen molar-refractivity contribution in [3.05, 3.63) is 29.6 Å². The lowest BCUT2D eigenvalue weighted by Crippen LogP contribution is -2.43. The van der Waals surface area contributed by atoms with Crippen molar-refractivity contribution in [1.29, 1.82) is 0 Å². The molecular weight excluding hydrogens is 256 g/mol. The van der Waals surface area contributed by atoms with Crippen LogP contribution in [0.2, 0.25) is 0 Å². The van der Waals surface area contributed by atoms with E-state index in [1.54, 1.807) is 0 Å². The minimum Gasteiger partial charge on any atom is -0.368 e. The highest BCUT2D eigenvalue weighted by Crippen LogP contribution is 2.21. The number of pyridine rings is 1. The normalized spacial score (nSPS) is 18.9. The first-order chi connectivity index (χ1) is 9.00. The summed E-state index contributed by atoms with van der Waals surface area (Å²) < 4.78 is 24.7. The maximum atomic E-state index is 12.3. The molecule has 0 aliphatic carbocycles. The van der Waals surface area contributed by atoms with Gasteiger partial charge in [0.25, 0.3) is 12.3 Å². The summed E-state index contributed by atoms with van der Waals surface area (Å²) in [5.74, 6) is -0.961. The molecule has 0 aromatic carbocycles. The van der Waals surface area contributed by atoms with Crippen LogP contribution in [-0.4, -0.2) is 34.3 Å². The third-order valence-corrected chi connectivity index (χ3v) is 3.10. The van der Waals surface area contributed by atoms with Crippen LogP contribution >= 0.6 is 0 Å². The van der Waals surface area contributed by atoms with Gasteiger partial charge in [-0.15, -0.1) is 0 Å². The van der Waals surface area contributed by atoms with Gasteiger partial charge in [0.15, 0.2) is 0 Å². The molecule has 1 aromatic rings. The SMILES string of the molecule is NC(=O)[C@H]1CCCN1C(=O)c1ccc(C(F)F)nc1. The molecule has 5 nitrogen and oxygen atoms in total. The van der Waals surface area contributed by atoms with E-state index in [4.69, 9.17) is 5.73 Å². The number of amides is 2. The van der Waals surface area contributed by atoms with E-state index in [2.05, 4.69) is 4.98 Å². The molecule has 2 rings (SSSR count). The van der Waals surface area contributed by atoms with Gasteiger partial charge in [0, 0.05) is 12.7 Å². The first kappa shape index (κ1) is 13.4. The fraction of sp³-hybridized carbons (Fsp3) is 0.417. The maximum absolute atomic E-state index is 12.3. The van der Waals surface area contributed by atoms with E-state index in [0.29, 0.717) is 19.4 Å². The van der Waals surface area contributed by atoms with E-state index in [1.165, 1.54) is 11.0 Å². The van der Waals surface area contributed by atoms with Gasteiger partial charge < -0.3 is 10.6 Å². The van der Waals surface area contributed by atoms with Crippen LogP contribution in [0.3, 0.4) is 0 Å². The number of rotatable bonds is 3. The van der Waals surface area contributed by atoms with Crippen molar-refractivity contribution in [2.24, 2.45) is 5.73 Å². The number of nitrogens with zero attached hydrogens (tertiary/aromatic N) is 2. The van der Waals surface area contributed by atoms with Crippen molar-refractivity contribution in [3.63, 3.8) is 0 Å². The number of alkyl halides is 2. The van der Waals surface area contributed by atoms with Crippen LogP contribution in [0.25, 0.3) is 0 Å². The van der Waals surface area contributed by atoms with Gasteiger partial charge in [-0.3, -0.25) is 14.6 Å². The number of primary amides is 1. The molecule has 1 aliphatic heterocycles. The van der Waals surface area contributed by atoms with E-state index in [9.17, 15) is 18.4 Å². The van der Waals surface area contributed by atoms with E-state index in [0.717, 1.165) is 12.3 Å². The summed E-state index contributed by atoms with van der Waals surface area (Å²) >= 11 is 0. The Morgan fingerprint density at radius 2 is 2.16 bits per heavy atom. The molecule has 0 unspecified atom stereocenters. The Bertz CT molecular complexity index is 490. The summed E-state index contributed by atoms with van der Waals surface area (Å²) in [5.41, 5.74) is 5.01. The molecule has 19 heavy (non-hydrogen) atoms. The Balaban J connectivity index is 2.17. The zero-order chi connectivity index (χ0) is 14.0. The topological polar surface area (TPSA) is 76.3 Å². The summed E-state index contributed by atoms with van der Waals surface area (Å²) in [6, 6.07) is 1.77. The van der Waals surface area contributed by atoms with Gasteiger partial charge in [0.05, 0.1) is 5.56 Å². The van der Waals surface area contributed by atoms with Crippen LogP contribution in [0, 0.1) is 0 Å². The van der Waals surface area contributed by atoms with Crippen molar-refractivity contribution in [2.75, 3.05) is 6.54 Å². The molecule has 1 atom stereocenters. The Kier molecular flexibility index (Phi) is 3.73. The van der Waals surface area contributed by atoms with E-state index >= 15 is 0 Å². The molecule has 1 saturated heterocycles. The highest BCUT2D eigenvalue weighted by molar-refractivity contribution is 5.97. The average molecular weight is 269 g/mol. The molecule has 2 heterocycles. The lowest BCUT2D eigenvalue weighted by atomic mass is 10.2. The van der Waals surface area contributed by atoms with Gasteiger partial charge in [-0.1, -0.05) is 0 Å². The first-order valence-electron chi connectivity index (χ1n) is 5.85. The highest BCUT2D eigenvalue weighted by atomic mass is 19.3. The monoisotopic (exact) mass is 269 g/mol. The van der Waals surface area contributed by atoms with Crippen LogP contribution in [-0.2, 0) is 4.79 Å². The number of likely N-dealkylation sites (tertiary alicyclic amines) is 1. The molecule has 102 valence electrons. The Morgan fingerprint density at radius 1 is 1.42 bits per heavy atom. The third-order valence-electron chi connectivity index (χ3n) is 3.10. The zero-order valence-corrected chi connectivity index (χ0v) is 10.1. The molecule has 2 N–H and O–H groups in total. The Hall–Kier alpha value is -2.05. The van der Waals surface area contributed by atoms with Crippen molar-refractivity contribution < 1.29 is 18.4 Å². The van der Waals surface area contributed by atoms with Crippen LogP contribution in [0.5, 0.6) is 0 Å². The molecule has 0 radical (unpaired) electrons. The highest BCUT2D eigenvalue weighted by Gasteiger charge is 2.33. The molecule has 1 aromatic heterocycles. The third kappa shape index (κ3) is 2.69. The smallest absolute Gasteiger partial charge is 0.280 e. The van der Waals surface area contributed by atoms with Crippen molar-refractivity contribution in [3.8, 4) is 0 Å². The minimum atomic E-state index is -2.67. The standard InChI is InChI=1S/C12H13F2N3O2/c13-10(14)8-4-3-7(6-16-8)12(19)17-5-1-2-9(17)11(15)18/h3-4,6,9-10H,1-2,5H2,(H2,15,18)/t9-/m1/s1. The average Bonchev–Trinajstić information content (AvgIpc) is 2.87. The van der Waals surface area contributed by atoms with Gasteiger partial charge in [-0.05, 0) is 25.0 Å². The zero-order valence-electron chi connectivity index (χ0n) is 10.1. The maximum Gasteiger partial charge on any atom is 0.280 e. The summed E-state index contributed by atoms with van der Waals surface area (Å²) in [5, 5.41) is 0. The second-order valence-corrected chi connectivity index (χ2v) is 4.33. The predicted molar refractivity (Wildman–Crippen MR) is 62.4 cm³/mol. The number of carbonyl (C=O) groups excluding carboxylic acids is 2. The number of hydrogen-bond acceptors (Lipinski definition) is 3. The second-order valence-electron chi connectivity index (χ2n) is 4.33. The molecule has 2 amide bonds. The fourth-order valence-corrected chi connectivity index (χ4v) is 2.13. The molecule has 0 bridgehead atoms. The van der Waals surface area contributed by atoms with Gasteiger partial charge in [0.2, 0.25) is 5.91 Å². The summed E-state index contributed by atoms with van der Waals surface area (Å²) in [4.78, 5) is 28.2. The van der Waals surface area contributed by atoms with Crippen LogP contribution in [0.1, 0.15) is 35.3 Å². The second kappa shape index (κ2) is 5.29. The minimum absolute atomic E-state index is 0.178. The summed E-state index contributed by atoms with van der Waals surface area (Å²) in [6.07, 6.45) is -0.347. The quantitative estimate of drug-likeness (QED) is 0.893. The molecule has 0 saturated carbocycles. The summed E-state index contributed by atoms with van der Waals surface area (Å²) in [7, 11) is 0. The van der Waals surface area contributed by atoms with Crippen molar-refractivity contribution in [2.45, 2.75) is 25.3 Å². The Morgan fingerprint density at radius 3 is 2.68 bits per heavy atom. The number of hydrogen-bond donors (Lipinski definition) is 1. The van der Waals surface area contributed by atoms with Gasteiger partial charge in [0.1, 0.15) is 11.7 Å². The van der Waals surface area contributed by atoms with Gasteiger partial charge >= 0.3 is 0 Å². The lowest BCUT2D eigenvalue weighted by molar-refractivity contribution is -0.121. The molecule has 7 heteroatoms.